The van der Waals surface area contributed by atoms with Crippen molar-refractivity contribution in [1.29, 1.82) is 0 Å². The number of nitrogens with zero attached hydrogens (tertiary/aromatic N) is 2. The topological polar surface area (TPSA) is 98.8 Å². The van der Waals surface area contributed by atoms with Gasteiger partial charge in [0.2, 0.25) is 11.8 Å². The number of nitrogens with one attached hydrogen (secondary N) is 2. The zero-order valence-corrected chi connectivity index (χ0v) is 15.7. The Hall–Kier alpha value is -2.90. The minimum atomic E-state index is -1.00. The van der Waals surface area contributed by atoms with Crippen LogP contribution in [0.2, 0.25) is 0 Å². The number of carbonyl (C=O) groups is 4. The van der Waals surface area contributed by atoms with Crippen molar-refractivity contribution in [3.05, 3.63) is 24.3 Å². The third kappa shape index (κ3) is 3.65. The van der Waals surface area contributed by atoms with Crippen LogP contribution in [0, 0.1) is 5.92 Å². The largest absolute Gasteiger partial charge is 0.325 e. The summed E-state index contributed by atoms with van der Waals surface area (Å²) < 4.78 is 0. The SMILES string of the molecule is CC(C)CCC1(C)NC(=O)N(CC(=O)N2CC(=O)Nc3ccccc32)C1=O. The minimum absolute atomic E-state index is 0.149. The number of hydrogen-bond donors (Lipinski definition) is 2. The average Bonchev–Trinajstić information content (AvgIpc) is 2.83. The molecule has 2 aliphatic rings. The van der Waals surface area contributed by atoms with Gasteiger partial charge in [-0.1, -0.05) is 26.0 Å². The molecule has 1 unspecified atom stereocenters. The number of anilines is 2. The maximum Gasteiger partial charge on any atom is 0.325 e. The summed E-state index contributed by atoms with van der Waals surface area (Å²) in [6.07, 6.45) is 1.29. The predicted octanol–water partition coefficient (Wildman–Crippen LogP) is 1.72. The van der Waals surface area contributed by atoms with Gasteiger partial charge in [0.25, 0.3) is 5.91 Å². The van der Waals surface area contributed by atoms with Crippen molar-refractivity contribution in [2.75, 3.05) is 23.3 Å². The van der Waals surface area contributed by atoms with Crippen molar-refractivity contribution in [3.63, 3.8) is 0 Å². The molecule has 8 heteroatoms. The molecule has 8 nitrogen and oxygen atoms in total. The van der Waals surface area contributed by atoms with Crippen molar-refractivity contribution >= 4 is 35.1 Å². The number of imide groups is 1. The van der Waals surface area contributed by atoms with Gasteiger partial charge in [-0.05, 0) is 37.8 Å². The lowest BCUT2D eigenvalue weighted by Crippen LogP contribution is -2.49. The van der Waals surface area contributed by atoms with Gasteiger partial charge < -0.3 is 10.6 Å². The highest BCUT2D eigenvalue weighted by atomic mass is 16.2. The summed E-state index contributed by atoms with van der Waals surface area (Å²) in [5.41, 5.74) is 0.0801. The molecular formula is C19H24N4O4. The fraction of sp³-hybridized carbons (Fsp3) is 0.474. The van der Waals surface area contributed by atoms with E-state index in [4.69, 9.17) is 0 Å². The number of amides is 5. The third-order valence-electron chi connectivity index (χ3n) is 4.93. The first-order chi connectivity index (χ1) is 12.7. The normalized spacial score (nSPS) is 22.0. The van der Waals surface area contributed by atoms with Gasteiger partial charge in [-0.25, -0.2) is 4.79 Å². The summed E-state index contributed by atoms with van der Waals surface area (Å²) >= 11 is 0. The first-order valence-electron chi connectivity index (χ1n) is 9.04. The second kappa shape index (κ2) is 7.02. The van der Waals surface area contributed by atoms with Crippen molar-refractivity contribution in [2.45, 2.75) is 39.2 Å². The Morgan fingerprint density at radius 2 is 1.93 bits per heavy atom. The molecule has 0 spiro atoms. The first-order valence-corrected chi connectivity index (χ1v) is 9.04. The van der Waals surface area contributed by atoms with E-state index in [0.717, 1.165) is 11.3 Å². The first kappa shape index (κ1) is 18.9. The van der Waals surface area contributed by atoms with Crippen LogP contribution in [-0.2, 0) is 14.4 Å². The molecule has 1 saturated heterocycles. The molecule has 2 N–H and O–H groups in total. The van der Waals surface area contributed by atoms with Gasteiger partial charge in [0, 0.05) is 0 Å². The predicted molar refractivity (Wildman–Crippen MR) is 100 cm³/mol. The fourth-order valence-corrected chi connectivity index (χ4v) is 3.31. The lowest BCUT2D eigenvalue weighted by molar-refractivity contribution is -0.134. The van der Waals surface area contributed by atoms with Crippen LogP contribution >= 0.6 is 0 Å². The summed E-state index contributed by atoms with van der Waals surface area (Å²) in [5, 5.41) is 5.41. The zero-order valence-electron chi connectivity index (χ0n) is 15.7. The average molecular weight is 372 g/mol. The zero-order chi connectivity index (χ0) is 19.8. The maximum atomic E-state index is 12.8. The highest BCUT2D eigenvalue weighted by Gasteiger charge is 2.48. The van der Waals surface area contributed by atoms with Gasteiger partial charge >= 0.3 is 6.03 Å². The molecule has 5 amide bonds. The van der Waals surface area contributed by atoms with E-state index in [1.165, 1.54) is 4.90 Å². The highest BCUT2D eigenvalue weighted by molar-refractivity contribution is 6.14. The summed E-state index contributed by atoms with van der Waals surface area (Å²) in [4.78, 5) is 52.0. The summed E-state index contributed by atoms with van der Waals surface area (Å²) in [5.74, 6) is -0.809. The quantitative estimate of drug-likeness (QED) is 0.769. The number of benzene rings is 1. The number of hydrogen-bond acceptors (Lipinski definition) is 4. The van der Waals surface area contributed by atoms with Crippen LogP contribution in [0.1, 0.15) is 33.6 Å². The standard InChI is InChI=1S/C19H24N4O4/c1-12(2)8-9-19(3)17(26)23(18(27)21-19)11-16(25)22-10-15(24)20-13-6-4-5-7-14(13)22/h4-7,12H,8-11H2,1-3H3,(H,20,24)(H,21,27). The Morgan fingerprint density at radius 3 is 2.63 bits per heavy atom. The van der Waals surface area contributed by atoms with E-state index in [-0.39, 0.29) is 12.5 Å². The van der Waals surface area contributed by atoms with Crippen molar-refractivity contribution in [3.8, 4) is 0 Å². The highest BCUT2D eigenvalue weighted by Crippen LogP contribution is 2.30. The molecule has 144 valence electrons. The van der Waals surface area contributed by atoms with E-state index in [1.807, 2.05) is 13.8 Å². The smallest absolute Gasteiger partial charge is 0.323 e. The van der Waals surface area contributed by atoms with Gasteiger partial charge in [-0.15, -0.1) is 0 Å². The molecule has 1 atom stereocenters. The molecule has 27 heavy (non-hydrogen) atoms. The third-order valence-corrected chi connectivity index (χ3v) is 4.93. The molecule has 0 bridgehead atoms. The van der Waals surface area contributed by atoms with Crippen LogP contribution in [0.3, 0.4) is 0 Å². The van der Waals surface area contributed by atoms with E-state index >= 15 is 0 Å². The van der Waals surface area contributed by atoms with Crippen LogP contribution in [0.4, 0.5) is 16.2 Å². The van der Waals surface area contributed by atoms with E-state index < -0.39 is 29.9 Å². The van der Waals surface area contributed by atoms with E-state index in [2.05, 4.69) is 10.6 Å². The molecule has 0 radical (unpaired) electrons. The molecule has 0 aromatic heterocycles. The molecule has 1 aromatic rings. The van der Waals surface area contributed by atoms with Crippen molar-refractivity contribution in [1.82, 2.24) is 10.2 Å². The van der Waals surface area contributed by atoms with Crippen LogP contribution in [-0.4, -0.2) is 47.3 Å². The number of urea groups is 1. The lowest BCUT2D eigenvalue weighted by atomic mass is 9.92. The van der Waals surface area contributed by atoms with E-state index in [1.54, 1.807) is 31.2 Å². The summed E-state index contributed by atoms with van der Waals surface area (Å²) in [6.45, 7) is 5.23. The van der Waals surface area contributed by atoms with Crippen molar-refractivity contribution in [2.24, 2.45) is 5.92 Å². The molecule has 2 heterocycles. The molecule has 1 fully saturated rings. The second-order valence-electron chi connectivity index (χ2n) is 7.63. The number of para-hydroxylation sites is 2. The van der Waals surface area contributed by atoms with Crippen LogP contribution in [0.15, 0.2) is 24.3 Å². The van der Waals surface area contributed by atoms with Gasteiger partial charge in [-0.2, -0.15) is 0 Å². The van der Waals surface area contributed by atoms with Gasteiger partial charge in [-0.3, -0.25) is 24.2 Å². The molecular weight excluding hydrogens is 348 g/mol. The molecule has 3 rings (SSSR count). The van der Waals surface area contributed by atoms with E-state index in [0.29, 0.717) is 23.7 Å². The van der Waals surface area contributed by atoms with Crippen molar-refractivity contribution < 1.29 is 19.2 Å². The Bertz CT molecular complexity index is 807. The minimum Gasteiger partial charge on any atom is -0.323 e. The maximum absolute atomic E-state index is 12.8. The number of carbonyl (C=O) groups excluding carboxylic acids is 4. The Morgan fingerprint density at radius 1 is 1.22 bits per heavy atom. The van der Waals surface area contributed by atoms with Crippen LogP contribution < -0.4 is 15.5 Å². The number of fused-ring (bicyclic) bond motifs is 1. The van der Waals surface area contributed by atoms with Crippen LogP contribution in [0.5, 0.6) is 0 Å². The van der Waals surface area contributed by atoms with E-state index in [9.17, 15) is 19.2 Å². The Labute approximate surface area is 157 Å². The Kier molecular flexibility index (Phi) is 4.91. The molecule has 2 aliphatic heterocycles. The lowest BCUT2D eigenvalue weighted by Gasteiger charge is -2.30. The summed E-state index contributed by atoms with van der Waals surface area (Å²) in [7, 11) is 0. The van der Waals surface area contributed by atoms with Gasteiger partial charge in [0.1, 0.15) is 18.6 Å². The Balaban J connectivity index is 1.76. The monoisotopic (exact) mass is 372 g/mol. The molecule has 1 aromatic carbocycles. The summed E-state index contributed by atoms with van der Waals surface area (Å²) in [6, 6.07) is 6.35. The van der Waals surface area contributed by atoms with Crippen LogP contribution in [0.25, 0.3) is 0 Å². The van der Waals surface area contributed by atoms with Gasteiger partial charge in [0.15, 0.2) is 0 Å². The van der Waals surface area contributed by atoms with Gasteiger partial charge in [0.05, 0.1) is 11.4 Å². The number of rotatable bonds is 5. The second-order valence-corrected chi connectivity index (χ2v) is 7.63. The fourth-order valence-electron chi connectivity index (χ4n) is 3.31. The molecule has 0 saturated carbocycles. The molecule has 0 aliphatic carbocycles.